The van der Waals surface area contributed by atoms with Gasteiger partial charge in [-0.25, -0.2) is 0 Å². The van der Waals surface area contributed by atoms with Gasteiger partial charge in [-0.1, -0.05) is 50.1 Å². The van der Waals surface area contributed by atoms with Crippen molar-refractivity contribution in [3.05, 3.63) is 59.7 Å². The first-order valence-corrected chi connectivity index (χ1v) is 10.9. The Morgan fingerprint density at radius 2 is 1.65 bits per heavy atom. The summed E-state index contributed by atoms with van der Waals surface area (Å²) in [5.41, 5.74) is 2.12. The maximum atomic E-state index is 13.1. The normalized spacial score (nSPS) is 11.5. The van der Waals surface area contributed by atoms with Gasteiger partial charge in [-0.05, 0) is 49.6 Å². The number of hydrogen-bond acceptors (Lipinski definition) is 4. The Morgan fingerprint density at radius 3 is 2.23 bits per heavy atom. The predicted octanol–water partition coefficient (Wildman–Crippen LogP) is 4.11. The highest BCUT2D eigenvalue weighted by atomic mass is 16.5. The third-order valence-electron chi connectivity index (χ3n) is 5.11. The maximum Gasteiger partial charge on any atom is 0.261 e. The van der Waals surface area contributed by atoms with Crippen LogP contribution in [-0.2, 0) is 16.1 Å². The van der Waals surface area contributed by atoms with E-state index < -0.39 is 6.04 Å². The molecule has 0 saturated carbocycles. The predicted molar refractivity (Wildman–Crippen MR) is 122 cm³/mol. The zero-order chi connectivity index (χ0) is 22.6. The van der Waals surface area contributed by atoms with E-state index in [0.29, 0.717) is 25.3 Å². The molecule has 168 valence electrons. The third-order valence-corrected chi connectivity index (χ3v) is 5.11. The average Bonchev–Trinajstić information content (AvgIpc) is 2.79. The summed E-state index contributed by atoms with van der Waals surface area (Å²) in [7, 11) is 1.60. The fourth-order valence-electron chi connectivity index (χ4n) is 3.22. The molecule has 6 nitrogen and oxygen atoms in total. The molecule has 0 bridgehead atoms. The van der Waals surface area contributed by atoms with E-state index in [1.807, 2.05) is 38.1 Å². The summed E-state index contributed by atoms with van der Waals surface area (Å²) in [5.74, 6) is 0.939. The molecule has 1 atom stereocenters. The number of benzene rings is 2. The van der Waals surface area contributed by atoms with Crippen LogP contribution in [0.25, 0.3) is 0 Å². The maximum absolute atomic E-state index is 13.1. The summed E-state index contributed by atoms with van der Waals surface area (Å²) < 4.78 is 10.8. The second-order valence-electron chi connectivity index (χ2n) is 7.54. The monoisotopic (exact) mass is 426 g/mol. The summed E-state index contributed by atoms with van der Waals surface area (Å²) >= 11 is 0. The molecule has 0 aliphatic rings. The van der Waals surface area contributed by atoms with Gasteiger partial charge in [0.05, 0.1) is 7.11 Å². The van der Waals surface area contributed by atoms with Gasteiger partial charge in [0, 0.05) is 13.1 Å². The summed E-state index contributed by atoms with van der Waals surface area (Å²) in [5, 5.41) is 2.96. The number of methoxy groups -OCH3 is 1. The quantitative estimate of drug-likeness (QED) is 0.519. The fraction of sp³-hybridized carbons (Fsp3) is 0.440. The van der Waals surface area contributed by atoms with Crippen LogP contribution in [0, 0.1) is 6.92 Å². The van der Waals surface area contributed by atoms with Crippen molar-refractivity contribution >= 4 is 11.8 Å². The first-order chi connectivity index (χ1) is 15.0. The molecule has 0 fully saturated rings. The first-order valence-electron chi connectivity index (χ1n) is 10.9. The molecule has 2 aromatic carbocycles. The van der Waals surface area contributed by atoms with Crippen LogP contribution in [0.4, 0.5) is 0 Å². The molecule has 2 amide bonds. The number of carbonyl (C=O) groups is 2. The molecule has 2 aromatic rings. The molecule has 0 heterocycles. The number of ether oxygens (including phenoxy) is 2. The van der Waals surface area contributed by atoms with Crippen LogP contribution in [0.5, 0.6) is 11.5 Å². The van der Waals surface area contributed by atoms with Crippen molar-refractivity contribution in [1.82, 2.24) is 10.2 Å². The van der Waals surface area contributed by atoms with Crippen molar-refractivity contribution in [3.63, 3.8) is 0 Å². The molecule has 0 radical (unpaired) electrons. The summed E-state index contributed by atoms with van der Waals surface area (Å²) in [4.78, 5) is 27.6. The number of aryl methyl sites for hydroxylation is 1. The molecular weight excluding hydrogens is 392 g/mol. The van der Waals surface area contributed by atoms with Gasteiger partial charge in [-0.15, -0.1) is 0 Å². The molecule has 31 heavy (non-hydrogen) atoms. The standard InChI is InChI=1S/C25H34N2O4/c1-5-7-16-26-25(29)23(6-2)27(17-20-10-8-19(3)9-11-20)24(28)18-31-22-14-12-21(30-4)13-15-22/h8-15,23H,5-7,16-18H2,1-4H3,(H,26,29)/t23-/m0/s1. The summed E-state index contributed by atoms with van der Waals surface area (Å²) in [6.07, 6.45) is 2.44. The molecular formula is C25H34N2O4. The van der Waals surface area contributed by atoms with E-state index in [4.69, 9.17) is 9.47 Å². The Labute approximate surface area is 185 Å². The zero-order valence-corrected chi connectivity index (χ0v) is 19.0. The van der Waals surface area contributed by atoms with Gasteiger partial charge in [-0.2, -0.15) is 0 Å². The van der Waals surface area contributed by atoms with Crippen LogP contribution in [0.3, 0.4) is 0 Å². The Kier molecular flexibility index (Phi) is 9.88. The first kappa shape index (κ1) is 24.3. The largest absolute Gasteiger partial charge is 0.497 e. The lowest BCUT2D eigenvalue weighted by atomic mass is 10.1. The van der Waals surface area contributed by atoms with Gasteiger partial charge in [0.2, 0.25) is 5.91 Å². The Hall–Kier alpha value is -3.02. The minimum Gasteiger partial charge on any atom is -0.497 e. The smallest absolute Gasteiger partial charge is 0.261 e. The van der Waals surface area contributed by atoms with Crippen LogP contribution >= 0.6 is 0 Å². The van der Waals surface area contributed by atoms with Crippen molar-refractivity contribution in [2.45, 2.75) is 52.6 Å². The van der Waals surface area contributed by atoms with E-state index >= 15 is 0 Å². The number of unbranched alkanes of at least 4 members (excludes halogenated alkanes) is 1. The van der Waals surface area contributed by atoms with Crippen molar-refractivity contribution in [1.29, 1.82) is 0 Å². The number of nitrogens with one attached hydrogen (secondary N) is 1. The van der Waals surface area contributed by atoms with Crippen molar-refractivity contribution in [3.8, 4) is 11.5 Å². The molecule has 2 rings (SSSR count). The van der Waals surface area contributed by atoms with Crippen molar-refractivity contribution < 1.29 is 19.1 Å². The molecule has 0 spiro atoms. The zero-order valence-electron chi connectivity index (χ0n) is 19.0. The molecule has 1 N–H and O–H groups in total. The Morgan fingerprint density at radius 1 is 1.00 bits per heavy atom. The molecule has 0 aliphatic heterocycles. The minimum absolute atomic E-state index is 0.124. The van der Waals surface area contributed by atoms with E-state index in [9.17, 15) is 9.59 Å². The van der Waals surface area contributed by atoms with Gasteiger partial charge >= 0.3 is 0 Å². The number of amides is 2. The number of rotatable bonds is 12. The lowest BCUT2D eigenvalue weighted by Gasteiger charge is -2.30. The second kappa shape index (κ2) is 12.6. The summed E-state index contributed by atoms with van der Waals surface area (Å²) in [6, 6.07) is 14.5. The van der Waals surface area contributed by atoms with Crippen LogP contribution in [0.15, 0.2) is 48.5 Å². The molecule has 0 aliphatic carbocycles. The van der Waals surface area contributed by atoms with Gasteiger partial charge in [0.15, 0.2) is 6.61 Å². The molecule has 0 unspecified atom stereocenters. The molecule has 0 aromatic heterocycles. The lowest BCUT2D eigenvalue weighted by Crippen LogP contribution is -2.50. The lowest BCUT2D eigenvalue weighted by molar-refractivity contribution is -0.143. The Bertz CT molecular complexity index is 818. The number of nitrogens with zero attached hydrogens (tertiary/aromatic N) is 1. The molecule has 0 saturated heterocycles. The van der Waals surface area contributed by atoms with Gasteiger partial charge < -0.3 is 19.7 Å². The number of hydrogen-bond donors (Lipinski definition) is 1. The van der Waals surface area contributed by atoms with Gasteiger partial charge in [0.1, 0.15) is 17.5 Å². The highest BCUT2D eigenvalue weighted by Crippen LogP contribution is 2.18. The van der Waals surface area contributed by atoms with Crippen LogP contribution in [0.1, 0.15) is 44.2 Å². The minimum atomic E-state index is -0.551. The highest BCUT2D eigenvalue weighted by Gasteiger charge is 2.28. The second-order valence-corrected chi connectivity index (χ2v) is 7.54. The highest BCUT2D eigenvalue weighted by molar-refractivity contribution is 5.88. The van der Waals surface area contributed by atoms with E-state index in [-0.39, 0.29) is 18.4 Å². The van der Waals surface area contributed by atoms with Crippen LogP contribution in [0.2, 0.25) is 0 Å². The van der Waals surface area contributed by atoms with Crippen LogP contribution in [-0.4, -0.2) is 43.0 Å². The molecule has 6 heteroatoms. The number of carbonyl (C=O) groups excluding carboxylic acids is 2. The van der Waals surface area contributed by atoms with E-state index in [0.717, 1.165) is 29.7 Å². The van der Waals surface area contributed by atoms with Crippen molar-refractivity contribution in [2.75, 3.05) is 20.3 Å². The van der Waals surface area contributed by atoms with E-state index in [2.05, 4.69) is 12.2 Å². The Balaban J connectivity index is 2.14. The van der Waals surface area contributed by atoms with Gasteiger partial charge in [-0.3, -0.25) is 9.59 Å². The van der Waals surface area contributed by atoms with Gasteiger partial charge in [0.25, 0.3) is 5.91 Å². The average molecular weight is 427 g/mol. The summed E-state index contributed by atoms with van der Waals surface area (Å²) in [6.45, 7) is 6.84. The van der Waals surface area contributed by atoms with E-state index in [1.165, 1.54) is 0 Å². The SMILES string of the molecule is CCCCNC(=O)[C@H](CC)N(Cc1ccc(C)cc1)C(=O)COc1ccc(OC)cc1. The topological polar surface area (TPSA) is 67.9 Å². The van der Waals surface area contributed by atoms with E-state index in [1.54, 1.807) is 36.3 Å². The third kappa shape index (κ3) is 7.63. The fourth-order valence-corrected chi connectivity index (χ4v) is 3.22. The van der Waals surface area contributed by atoms with Crippen molar-refractivity contribution in [2.24, 2.45) is 0 Å². The van der Waals surface area contributed by atoms with Crippen LogP contribution < -0.4 is 14.8 Å².